The summed E-state index contributed by atoms with van der Waals surface area (Å²) in [6, 6.07) is 12.6. The normalized spacial score (nSPS) is 13.3. The number of aromatic nitrogens is 1. The number of nitrogens with one attached hydrogen (secondary N) is 1. The molecule has 0 aliphatic carbocycles. The minimum absolute atomic E-state index is 0.884. The van der Waals surface area contributed by atoms with Crippen LogP contribution in [0.4, 0.5) is 0 Å². The highest BCUT2D eigenvalue weighted by Gasteiger charge is 2.11. The molecule has 3 rings (SSSR count). The fourth-order valence-corrected chi connectivity index (χ4v) is 3.26. The molecule has 2 aromatic rings. The number of benzene rings is 1. The van der Waals surface area contributed by atoms with Crippen LogP contribution in [0.3, 0.4) is 0 Å². The second-order valence-corrected chi connectivity index (χ2v) is 6.69. The summed E-state index contributed by atoms with van der Waals surface area (Å²) >= 11 is 0. The number of allylic oxidation sites excluding steroid dienone is 2. The molecule has 0 saturated carbocycles. The van der Waals surface area contributed by atoms with Crippen LogP contribution < -0.4 is 5.32 Å². The lowest BCUT2D eigenvalue weighted by Gasteiger charge is -2.22. The number of dihydropyridines is 1. The van der Waals surface area contributed by atoms with Crippen molar-refractivity contribution in [3.05, 3.63) is 90.9 Å². The van der Waals surface area contributed by atoms with E-state index in [0.29, 0.717) is 0 Å². The van der Waals surface area contributed by atoms with Gasteiger partial charge in [-0.3, -0.25) is 4.98 Å². The average molecular weight is 358 g/mol. The van der Waals surface area contributed by atoms with Crippen LogP contribution in [0.1, 0.15) is 31.4 Å². The third kappa shape index (κ3) is 4.20. The van der Waals surface area contributed by atoms with Gasteiger partial charge in [0.15, 0.2) is 0 Å². The van der Waals surface area contributed by atoms with Crippen LogP contribution in [-0.2, 0) is 0 Å². The van der Waals surface area contributed by atoms with Gasteiger partial charge < -0.3 is 10.2 Å². The topological polar surface area (TPSA) is 28.2 Å². The zero-order valence-electron chi connectivity index (χ0n) is 16.2. The molecule has 3 nitrogen and oxygen atoms in total. The van der Waals surface area contributed by atoms with Gasteiger partial charge in [0.2, 0.25) is 0 Å². The summed E-state index contributed by atoms with van der Waals surface area (Å²) in [6.07, 6.45) is 9.05. The predicted molar refractivity (Wildman–Crippen MR) is 116 cm³/mol. The molecule has 0 atom stereocenters. The summed E-state index contributed by atoms with van der Waals surface area (Å²) in [5.74, 6) is 0. The molecule has 3 heteroatoms. The van der Waals surface area contributed by atoms with Gasteiger partial charge in [0.25, 0.3) is 0 Å². The minimum atomic E-state index is 0.884. The molecule has 2 heterocycles. The molecule has 27 heavy (non-hydrogen) atoms. The van der Waals surface area contributed by atoms with Gasteiger partial charge in [-0.25, -0.2) is 0 Å². The van der Waals surface area contributed by atoms with E-state index in [1.165, 1.54) is 16.7 Å². The number of pyridine rings is 1. The molecule has 1 N–H and O–H groups in total. The van der Waals surface area contributed by atoms with Crippen molar-refractivity contribution in [1.82, 2.24) is 15.2 Å². The highest BCUT2D eigenvalue weighted by Crippen LogP contribution is 2.28. The van der Waals surface area contributed by atoms with E-state index in [1.807, 2.05) is 12.4 Å². The zero-order chi connectivity index (χ0) is 19.2. The van der Waals surface area contributed by atoms with E-state index in [-0.39, 0.29) is 0 Å². The first-order chi connectivity index (χ1) is 13.1. The van der Waals surface area contributed by atoms with Crippen molar-refractivity contribution >= 4 is 11.3 Å². The lowest BCUT2D eigenvalue weighted by atomic mass is 9.96. The molecule has 0 saturated heterocycles. The summed E-state index contributed by atoms with van der Waals surface area (Å²) in [7, 11) is 0. The van der Waals surface area contributed by atoms with Crippen molar-refractivity contribution in [3.63, 3.8) is 0 Å². The fourth-order valence-electron chi connectivity index (χ4n) is 3.26. The molecule has 138 valence electrons. The molecule has 0 amide bonds. The quantitative estimate of drug-likeness (QED) is 0.712. The summed E-state index contributed by atoms with van der Waals surface area (Å²) in [6.45, 7) is 14.3. The first-order valence-corrected chi connectivity index (χ1v) is 9.40. The summed E-state index contributed by atoms with van der Waals surface area (Å²) in [4.78, 5) is 6.69. The highest BCUT2D eigenvalue weighted by atomic mass is 15.1. The van der Waals surface area contributed by atoms with Gasteiger partial charge in [-0.1, -0.05) is 44.4 Å². The largest absolute Gasteiger partial charge is 0.387 e. The first kappa shape index (κ1) is 18.7. The molecule has 1 aromatic carbocycles. The molecular weight excluding hydrogens is 330 g/mol. The number of nitrogens with zero attached hydrogens (tertiary/aromatic N) is 2. The van der Waals surface area contributed by atoms with Gasteiger partial charge >= 0.3 is 0 Å². The van der Waals surface area contributed by atoms with E-state index >= 15 is 0 Å². The summed E-state index contributed by atoms with van der Waals surface area (Å²) in [5.41, 5.74) is 7.76. The predicted octanol–water partition coefficient (Wildman–Crippen LogP) is 5.47. The Morgan fingerprint density at radius 2 is 2.11 bits per heavy atom. The Balaban J connectivity index is 1.93. The van der Waals surface area contributed by atoms with Crippen LogP contribution in [0.5, 0.6) is 0 Å². The maximum Gasteiger partial charge on any atom is 0.0708 e. The Kier molecular flexibility index (Phi) is 5.92. The van der Waals surface area contributed by atoms with Crippen molar-refractivity contribution in [2.75, 3.05) is 13.1 Å². The van der Waals surface area contributed by atoms with Crippen LogP contribution in [0, 0.1) is 0 Å². The zero-order valence-corrected chi connectivity index (χ0v) is 16.2. The average Bonchev–Trinajstić information content (AvgIpc) is 2.72. The smallest absolute Gasteiger partial charge is 0.0708 e. The van der Waals surface area contributed by atoms with Gasteiger partial charge in [-0.2, -0.15) is 0 Å². The highest BCUT2D eigenvalue weighted by molar-refractivity contribution is 5.81. The molecule has 0 radical (unpaired) electrons. The van der Waals surface area contributed by atoms with Crippen molar-refractivity contribution in [2.45, 2.75) is 20.3 Å². The minimum Gasteiger partial charge on any atom is -0.387 e. The van der Waals surface area contributed by atoms with Crippen molar-refractivity contribution in [3.8, 4) is 11.3 Å². The SMILES string of the molecule is C=CN(CCC)C(=C)c1cccc(-c2cc(C3=CNCC=C3C)ccn2)c1. The van der Waals surface area contributed by atoms with Gasteiger partial charge in [-0.05, 0) is 54.4 Å². The van der Waals surface area contributed by atoms with Gasteiger partial charge in [0.1, 0.15) is 0 Å². The maximum absolute atomic E-state index is 4.60. The second kappa shape index (κ2) is 8.54. The molecular formula is C24H27N3. The van der Waals surface area contributed by atoms with Gasteiger partial charge in [0, 0.05) is 42.3 Å². The number of hydrogen-bond donors (Lipinski definition) is 1. The molecule has 0 unspecified atom stereocenters. The Hall–Kier alpha value is -3.07. The van der Waals surface area contributed by atoms with Crippen LogP contribution in [0.15, 0.2) is 79.8 Å². The Labute approximate surface area is 162 Å². The van der Waals surface area contributed by atoms with E-state index in [1.54, 1.807) is 0 Å². The third-order valence-electron chi connectivity index (χ3n) is 4.79. The number of hydrogen-bond acceptors (Lipinski definition) is 3. The van der Waals surface area contributed by atoms with Crippen molar-refractivity contribution in [1.29, 1.82) is 0 Å². The Bertz CT molecular complexity index is 905. The lowest BCUT2D eigenvalue weighted by Crippen LogP contribution is -2.15. The Morgan fingerprint density at radius 1 is 1.26 bits per heavy atom. The number of rotatable bonds is 7. The summed E-state index contributed by atoms with van der Waals surface area (Å²) in [5, 5.41) is 3.29. The van der Waals surface area contributed by atoms with Crippen LogP contribution in [-0.4, -0.2) is 23.0 Å². The van der Waals surface area contributed by atoms with Crippen LogP contribution >= 0.6 is 0 Å². The fraction of sp³-hybridized carbons (Fsp3) is 0.208. The summed E-state index contributed by atoms with van der Waals surface area (Å²) < 4.78 is 0. The molecule has 0 spiro atoms. The standard InChI is InChI=1S/C24H27N3/c1-5-14-27(6-2)19(4)20-8-7-9-22(15-20)24-16-21(11-13-26-24)23-17-25-12-10-18(23)3/h6-11,13,15-17,25H,2,4-5,12,14H2,1,3H3. The lowest BCUT2D eigenvalue weighted by molar-refractivity contribution is 0.527. The van der Waals surface area contributed by atoms with Crippen molar-refractivity contribution < 1.29 is 0 Å². The van der Waals surface area contributed by atoms with Crippen LogP contribution in [0.2, 0.25) is 0 Å². The monoisotopic (exact) mass is 357 g/mol. The molecule has 0 bridgehead atoms. The first-order valence-electron chi connectivity index (χ1n) is 9.40. The van der Waals surface area contributed by atoms with Crippen molar-refractivity contribution in [2.24, 2.45) is 0 Å². The molecule has 1 aromatic heterocycles. The van der Waals surface area contributed by atoms with E-state index in [2.05, 4.69) is 90.9 Å². The van der Waals surface area contributed by atoms with E-state index in [9.17, 15) is 0 Å². The molecule has 1 aliphatic heterocycles. The molecule has 1 aliphatic rings. The van der Waals surface area contributed by atoms with Gasteiger partial charge in [-0.15, -0.1) is 0 Å². The van der Waals surface area contributed by atoms with E-state index in [4.69, 9.17) is 0 Å². The maximum atomic E-state index is 4.60. The van der Waals surface area contributed by atoms with Gasteiger partial charge in [0.05, 0.1) is 5.69 Å². The second-order valence-electron chi connectivity index (χ2n) is 6.69. The molecule has 0 fully saturated rings. The third-order valence-corrected chi connectivity index (χ3v) is 4.79. The van der Waals surface area contributed by atoms with E-state index in [0.717, 1.165) is 42.0 Å². The van der Waals surface area contributed by atoms with Crippen LogP contribution in [0.25, 0.3) is 22.5 Å². The van der Waals surface area contributed by atoms with E-state index < -0.39 is 0 Å². The Morgan fingerprint density at radius 3 is 2.85 bits per heavy atom.